The van der Waals surface area contributed by atoms with Crippen LogP contribution >= 0.6 is 0 Å². The minimum Gasteiger partial charge on any atom is -0.497 e. The maximum absolute atomic E-state index is 6.02. The number of aryl methyl sites for hydroxylation is 2. The zero-order valence-electron chi connectivity index (χ0n) is 16.5. The van der Waals surface area contributed by atoms with E-state index in [1.54, 1.807) is 7.11 Å². The molecular formula is C24H24N2O2. The summed E-state index contributed by atoms with van der Waals surface area (Å²) in [7, 11) is 1.67. The number of fused-ring (bicyclic) bond motifs is 1. The zero-order valence-corrected chi connectivity index (χ0v) is 16.5. The van der Waals surface area contributed by atoms with Gasteiger partial charge < -0.3 is 14.0 Å². The highest BCUT2D eigenvalue weighted by Gasteiger charge is 2.12. The summed E-state index contributed by atoms with van der Waals surface area (Å²) in [6.45, 7) is 5.51. The quantitative estimate of drug-likeness (QED) is 0.454. The Balaban J connectivity index is 1.62. The third-order valence-corrected chi connectivity index (χ3v) is 5.06. The van der Waals surface area contributed by atoms with Crippen LogP contribution in [0.4, 0.5) is 0 Å². The van der Waals surface area contributed by atoms with Crippen molar-refractivity contribution in [3.8, 4) is 22.9 Å². The Morgan fingerprint density at radius 2 is 1.61 bits per heavy atom. The molecule has 4 aromatic rings. The molecule has 0 saturated heterocycles. The highest BCUT2D eigenvalue weighted by atomic mass is 16.5. The van der Waals surface area contributed by atoms with Crippen molar-refractivity contribution in [2.24, 2.45) is 0 Å². The number of para-hydroxylation sites is 2. The molecule has 0 unspecified atom stereocenters. The highest BCUT2D eigenvalue weighted by Crippen LogP contribution is 2.26. The second-order valence-electron chi connectivity index (χ2n) is 6.90. The lowest BCUT2D eigenvalue weighted by atomic mass is 10.1. The molecular weight excluding hydrogens is 348 g/mol. The third-order valence-electron chi connectivity index (χ3n) is 5.06. The van der Waals surface area contributed by atoms with Gasteiger partial charge in [-0.2, -0.15) is 0 Å². The minimum atomic E-state index is 0.575. The van der Waals surface area contributed by atoms with Crippen LogP contribution in [0.15, 0.2) is 66.7 Å². The van der Waals surface area contributed by atoms with Crippen LogP contribution in [0.25, 0.3) is 22.4 Å². The molecule has 0 amide bonds. The van der Waals surface area contributed by atoms with Crippen LogP contribution < -0.4 is 9.47 Å². The van der Waals surface area contributed by atoms with E-state index in [0.29, 0.717) is 6.61 Å². The number of hydrogen-bond donors (Lipinski definition) is 0. The van der Waals surface area contributed by atoms with Gasteiger partial charge in [-0.3, -0.25) is 0 Å². The zero-order chi connectivity index (χ0) is 19.5. The highest BCUT2D eigenvalue weighted by molar-refractivity contribution is 5.80. The summed E-state index contributed by atoms with van der Waals surface area (Å²) < 4.78 is 13.5. The van der Waals surface area contributed by atoms with Gasteiger partial charge in [0.15, 0.2) is 0 Å². The van der Waals surface area contributed by atoms with Crippen LogP contribution in [0.1, 0.15) is 11.1 Å². The van der Waals surface area contributed by atoms with Gasteiger partial charge in [0.1, 0.15) is 23.9 Å². The third kappa shape index (κ3) is 3.58. The van der Waals surface area contributed by atoms with Crippen LogP contribution in [0.5, 0.6) is 11.5 Å². The molecule has 0 atom stereocenters. The van der Waals surface area contributed by atoms with Crippen LogP contribution in [0.3, 0.4) is 0 Å². The first-order chi connectivity index (χ1) is 13.7. The van der Waals surface area contributed by atoms with Gasteiger partial charge in [0.2, 0.25) is 0 Å². The van der Waals surface area contributed by atoms with Gasteiger partial charge in [0.25, 0.3) is 0 Å². The number of ether oxygens (including phenoxy) is 2. The molecule has 28 heavy (non-hydrogen) atoms. The number of hydrogen-bond acceptors (Lipinski definition) is 3. The Hall–Kier alpha value is -3.27. The molecule has 3 aromatic carbocycles. The van der Waals surface area contributed by atoms with Crippen molar-refractivity contribution < 1.29 is 9.47 Å². The molecule has 4 nitrogen and oxygen atoms in total. The predicted octanol–water partition coefficient (Wildman–Crippen LogP) is 5.41. The molecule has 0 bridgehead atoms. The lowest BCUT2D eigenvalue weighted by Crippen LogP contribution is -2.09. The second kappa shape index (κ2) is 7.77. The molecule has 0 spiro atoms. The fourth-order valence-electron chi connectivity index (χ4n) is 3.32. The first-order valence-corrected chi connectivity index (χ1v) is 9.45. The van der Waals surface area contributed by atoms with Crippen molar-refractivity contribution in [3.05, 3.63) is 77.9 Å². The number of aromatic nitrogens is 2. The minimum absolute atomic E-state index is 0.575. The van der Waals surface area contributed by atoms with Crippen LogP contribution in [-0.4, -0.2) is 23.3 Å². The monoisotopic (exact) mass is 372 g/mol. The molecule has 0 radical (unpaired) electrons. The van der Waals surface area contributed by atoms with Crippen molar-refractivity contribution in [3.63, 3.8) is 0 Å². The van der Waals surface area contributed by atoms with E-state index < -0.39 is 0 Å². The average molecular weight is 372 g/mol. The molecule has 0 N–H and O–H groups in total. The summed E-state index contributed by atoms with van der Waals surface area (Å²) in [6, 6.07) is 22.4. The first-order valence-electron chi connectivity index (χ1n) is 9.45. The first kappa shape index (κ1) is 18.1. The standard InChI is InChI=1S/C24H24N2O2/c1-17-8-11-21(16-18(17)2)28-15-14-26-23-7-5-4-6-22(23)25-24(26)19-9-12-20(27-3)13-10-19/h4-13,16H,14-15H2,1-3H3. The summed E-state index contributed by atoms with van der Waals surface area (Å²) in [5, 5.41) is 0. The van der Waals surface area contributed by atoms with Gasteiger partial charge in [-0.15, -0.1) is 0 Å². The maximum atomic E-state index is 6.02. The van der Waals surface area contributed by atoms with E-state index in [0.717, 1.165) is 40.5 Å². The smallest absolute Gasteiger partial charge is 0.141 e. The van der Waals surface area contributed by atoms with Crippen molar-refractivity contribution in [1.82, 2.24) is 9.55 Å². The van der Waals surface area contributed by atoms with E-state index in [4.69, 9.17) is 14.5 Å². The second-order valence-corrected chi connectivity index (χ2v) is 6.90. The van der Waals surface area contributed by atoms with Gasteiger partial charge in [-0.05, 0) is 73.5 Å². The number of methoxy groups -OCH3 is 1. The SMILES string of the molecule is COc1ccc(-c2nc3ccccc3n2CCOc2ccc(C)c(C)c2)cc1. The molecule has 4 heteroatoms. The van der Waals surface area contributed by atoms with Crippen molar-refractivity contribution in [2.45, 2.75) is 20.4 Å². The van der Waals surface area contributed by atoms with Crippen molar-refractivity contribution >= 4 is 11.0 Å². The van der Waals surface area contributed by atoms with Gasteiger partial charge in [0.05, 0.1) is 24.7 Å². The molecule has 0 aliphatic heterocycles. The topological polar surface area (TPSA) is 36.3 Å². The van der Waals surface area contributed by atoms with E-state index in [2.05, 4.69) is 36.6 Å². The van der Waals surface area contributed by atoms with E-state index in [1.807, 2.05) is 48.5 Å². The maximum Gasteiger partial charge on any atom is 0.141 e. The fourth-order valence-corrected chi connectivity index (χ4v) is 3.32. The number of imidazole rings is 1. The van der Waals surface area contributed by atoms with Gasteiger partial charge >= 0.3 is 0 Å². The normalized spacial score (nSPS) is 11.0. The molecule has 142 valence electrons. The molecule has 1 heterocycles. The van der Waals surface area contributed by atoms with Gasteiger partial charge in [-0.1, -0.05) is 18.2 Å². The summed E-state index contributed by atoms with van der Waals surface area (Å²) in [5.41, 5.74) is 5.67. The number of benzene rings is 3. The van der Waals surface area contributed by atoms with Crippen LogP contribution in [-0.2, 0) is 6.54 Å². The lowest BCUT2D eigenvalue weighted by Gasteiger charge is -2.12. The Labute approximate surface area is 165 Å². The summed E-state index contributed by atoms with van der Waals surface area (Å²) in [6.07, 6.45) is 0. The van der Waals surface area contributed by atoms with Crippen LogP contribution in [0.2, 0.25) is 0 Å². The summed E-state index contributed by atoms with van der Waals surface area (Å²) in [4.78, 5) is 4.86. The lowest BCUT2D eigenvalue weighted by molar-refractivity contribution is 0.300. The molecule has 0 aliphatic carbocycles. The van der Waals surface area contributed by atoms with Gasteiger partial charge in [-0.25, -0.2) is 4.98 Å². The van der Waals surface area contributed by atoms with Crippen molar-refractivity contribution in [2.75, 3.05) is 13.7 Å². The van der Waals surface area contributed by atoms with E-state index in [-0.39, 0.29) is 0 Å². The largest absolute Gasteiger partial charge is 0.497 e. The summed E-state index contributed by atoms with van der Waals surface area (Å²) in [5.74, 6) is 2.68. The molecule has 4 rings (SSSR count). The van der Waals surface area contributed by atoms with E-state index in [9.17, 15) is 0 Å². The Morgan fingerprint density at radius 3 is 2.36 bits per heavy atom. The molecule has 1 aromatic heterocycles. The Bertz CT molecular complexity index is 1100. The van der Waals surface area contributed by atoms with Crippen molar-refractivity contribution in [1.29, 1.82) is 0 Å². The number of rotatable bonds is 6. The Kier molecular flexibility index (Phi) is 5.02. The molecule has 0 saturated carbocycles. The van der Waals surface area contributed by atoms with Gasteiger partial charge in [0, 0.05) is 5.56 Å². The fraction of sp³-hybridized carbons (Fsp3) is 0.208. The van der Waals surface area contributed by atoms with E-state index in [1.165, 1.54) is 11.1 Å². The van der Waals surface area contributed by atoms with E-state index >= 15 is 0 Å². The Morgan fingerprint density at radius 1 is 0.857 bits per heavy atom. The predicted molar refractivity (Wildman–Crippen MR) is 113 cm³/mol. The summed E-state index contributed by atoms with van der Waals surface area (Å²) >= 11 is 0. The molecule has 0 fully saturated rings. The molecule has 0 aliphatic rings. The average Bonchev–Trinajstić information content (AvgIpc) is 3.09. The number of nitrogens with zero attached hydrogens (tertiary/aromatic N) is 2. The van der Waals surface area contributed by atoms with Crippen LogP contribution in [0, 0.1) is 13.8 Å².